The minimum Gasteiger partial charge on any atom is -0.486 e. The lowest BCUT2D eigenvalue weighted by molar-refractivity contribution is 0.0761. The molecule has 0 unspecified atom stereocenters. The van der Waals surface area contributed by atoms with Crippen LogP contribution in [0.1, 0.15) is 16.9 Å². The predicted molar refractivity (Wildman–Crippen MR) is 101 cm³/mol. The largest absolute Gasteiger partial charge is 0.486 e. The van der Waals surface area contributed by atoms with Crippen molar-refractivity contribution in [2.75, 3.05) is 39.4 Å². The van der Waals surface area contributed by atoms with Crippen LogP contribution < -0.4 is 14.8 Å². The van der Waals surface area contributed by atoms with E-state index in [1.54, 1.807) is 0 Å². The normalized spacial score (nSPS) is 16.1. The fourth-order valence-electron chi connectivity index (χ4n) is 2.99. The van der Waals surface area contributed by atoms with Crippen molar-refractivity contribution in [3.8, 4) is 22.8 Å². The van der Waals surface area contributed by atoms with Crippen LogP contribution in [0.2, 0.25) is 0 Å². The highest BCUT2D eigenvalue weighted by molar-refractivity contribution is 5.97. The molecular weight excluding hydrogens is 381 g/mol. The van der Waals surface area contributed by atoms with Gasteiger partial charge in [0.25, 0.3) is 5.91 Å². The fraction of sp³-hybridized carbons (Fsp3) is 0.412. The Morgan fingerprint density at radius 1 is 1.08 bits per heavy atom. The second kappa shape index (κ2) is 9.12. The molecule has 9 heteroatoms. The van der Waals surface area contributed by atoms with Crippen LogP contribution in [0.5, 0.6) is 11.5 Å². The van der Waals surface area contributed by atoms with E-state index in [0.717, 1.165) is 31.6 Å². The monoisotopic (exact) mass is 401 g/mol. The molecule has 1 saturated heterocycles. The van der Waals surface area contributed by atoms with E-state index in [1.807, 2.05) is 23.1 Å². The molecule has 0 atom stereocenters. The number of aromatic nitrogens is 1. The van der Waals surface area contributed by atoms with Gasteiger partial charge in [0.05, 0.1) is 0 Å². The van der Waals surface area contributed by atoms with Crippen LogP contribution in [0.15, 0.2) is 29.0 Å². The smallest absolute Gasteiger partial charge is 0.276 e. The van der Waals surface area contributed by atoms with E-state index in [4.69, 9.17) is 13.9 Å². The van der Waals surface area contributed by atoms with Gasteiger partial charge in [0.15, 0.2) is 29.3 Å². The quantitative estimate of drug-likeness (QED) is 0.832. The van der Waals surface area contributed by atoms with Crippen molar-refractivity contribution in [1.29, 1.82) is 0 Å². The van der Waals surface area contributed by atoms with Crippen LogP contribution in [0, 0.1) is 0 Å². The minimum absolute atomic E-state index is 0. The summed E-state index contributed by atoms with van der Waals surface area (Å²) >= 11 is 0. The van der Waals surface area contributed by atoms with Crippen molar-refractivity contribution in [2.45, 2.75) is 6.42 Å². The molecule has 0 spiro atoms. The van der Waals surface area contributed by atoms with Gasteiger partial charge < -0.3 is 24.1 Å². The Kier molecular flexibility index (Phi) is 7.14. The lowest BCUT2D eigenvalue weighted by atomic mass is 10.1. The zero-order chi connectivity index (χ0) is 16.4. The number of hydrogen-bond acceptors (Lipinski definition) is 6. The summed E-state index contributed by atoms with van der Waals surface area (Å²) in [6, 6.07) is 5.51. The Balaban J connectivity index is 0.00000121. The number of nitrogens with zero attached hydrogens (tertiary/aromatic N) is 2. The summed E-state index contributed by atoms with van der Waals surface area (Å²) in [5.41, 5.74) is 1.10. The summed E-state index contributed by atoms with van der Waals surface area (Å²) < 4.78 is 16.6. The third kappa shape index (κ3) is 4.06. The number of rotatable bonds is 2. The molecule has 0 aliphatic carbocycles. The zero-order valence-corrected chi connectivity index (χ0v) is 15.7. The first-order chi connectivity index (χ1) is 11.8. The molecule has 4 rings (SSSR count). The van der Waals surface area contributed by atoms with Crippen LogP contribution in [0.4, 0.5) is 0 Å². The molecule has 7 nitrogen and oxygen atoms in total. The molecule has 26 heavy (non-hydrogen) atoms. The highest BCUT2D eigenvalue weighted by Gasteiger charge is 2.25. The van der Waals surface area contributed by atoms with E-state index >= 15 is 0 Å². The van der Waals surface area contributed by atoms with Crippen molar-refractivity contribution in [3.05, 3.63) is 30.3 Å². The van der Waals surface area contributed by atoms with Gasteiger partial charge in [-0.05, 0) is 31.2 Å². The Bertz CT molecular complexity index is 745. The highest BCUT2D eigenvalue weighted by atomic mass is 35.5. The highest BCUT2D eigenvalue weighted by Crippen LogP contribution is 2.35. The second-order valence-corrected chi connectivity index (χ2v) is 5.78. The third-order valence-corrected chi connectivity index (χ3v) is 4.20. The Labute approximate surface area is 163 Å². The third-order valence-electron chi connectivity index (χ3n) is 4.20. The number of nitrogens with one attached hydrogen (secondary N) is 1. The summed E-state index contributed by atoms with van der Waals surface area (Å²) in [7, 11) is 0. The number of halogens is 2. The average Bonchev–Trinajstić information content (AvgIpc) is 2.95. The van der Waals surface area contributed by atoms with E-state index in [0.29, 0.717) is 42.7 Å². The van der Waals surface area contributed by atoms with E-state index in [2.05, 4.69) is 10.3 Å². The van der Waals surface area contributed by atoms with Gasteiger partial charge >= 0.3 is 0 Å². The van der Waals surface area contributed by atoms with Gasteiger partial charge in [-0.25, -0.2) is 4.98 Å². The molecule has 2 aliphatic heterocycles. The molecule has 0 radical (unpaired) electrons. The summed E-state index contributed by atoms with van der Waals surface area (Å²) in [5.74, 6) is 1.73. The predicted octanol–water partition coefficient (Wildman–Crippen LogP) is 2.39. The second-order valence-electron chi connectivity index (χ2n) is 5.78. The van der Waals surface area contributed by atoms with Gasteiger partial charge in [-0.3, -0.25) is 4.79 Å². The molecular formula is C17H21Cl2N3O4. The summed E-state index contributed by atoms with van der Waals surface area (Å²) in [5, 5.41) is 3.29. The van der Waals surface area contributed by atoms with Gasteiger partial charge in [0.1, 0.15) is 13.2 Å². The molecule has 2 aromatic rings. The van der Waals surface area contributed by atoms with Crippen LogP contribution in [-0.4, -0.2) is 55.2 Å². The van der Waals surface area contributed by atoms with Gasteiger partial charge in [-0.2, -0.15) is 0 Å². The number of ether oxygens (including phenoxy) is 2. The Morgan fingerprint density at radius 3 is 2.73 bits per heavy atom. The first-order valence-electron chi connectivity index (χ1n) is 8.16. The van der Waals surface area contributed by atoms with Crippen LogP contribution in [-0.2, 0) is 0 Å². The molecule has 1 amide bonds. The average molecular weight is 402 g/mol. The number of carbonyl (C=O) groups is 1. The Morgan fingerprint density at radius 2 is 1.88 bits per heavy atom. The van der Waals surface area contributed by atoms with Gasteiger partial charge in [-0.1, -0.05) is 0 Å². The number of hydrogen-bond donors (Lipinski definition) is 1. The van der Waals surface area contributed by atoms with Crippen molar-refractivity contribution in [2.24, 2.45) is 0 Å². The van der Waals surface area contributed by atoms with Crippen molar-refractivity contribution in [3.63, 3.8) is 0 Å². The molecule has 2 aliphatic rings. The Hall–Kier alpha value is -1.96. The number of benzene rings is 1. The maximum absolute atomic E-state index is 12.8. The van der Waals surface area contributed by atoms with Crippen LogP contribution in [0.25, 0.3) is 11.3 Å². The number of fused-ring (bicyclic) bond motifs is 1. The van der Waals surface area contributed by atoms with E-state index < -0.39 is 0 Å². The van der Waals surface area contributed by atoms with E-state index in [9.17, 15) is 4.79 Å². The van der Waals surface area contributed by atoms with Gasteiger partial charge in [0.2, 0.25) is 0 Å². The van der Waals surface area contributed by atoms with Crippen LogP contribution >= 0.6 is 24.8 Å². The SMILES string of the molecule is Cl.Cl.O=C(c1ncoc1-c1ccc2c(c1)OCCO2)N1CCCNCC1. The van der Waals surface area contributed by atoms with E-state index in [-0.39, 0.29) is 30.7 Å². The molecule has 1 aromatic heterocycles. The lowest BCUT2D eigenvalue weighted by Crippen LogP contribution is -2.34. The molecule has 3 heterocycles. The van der Waals surface area contributed by atoms with E-state index in [1.165, 1.54) is 6.39 Å². The van der Waals surface area contributed by atoms with Crippen molar-refractivity contribution < 1.29 is 18.7 Å². The minimum atomic E-state index is -0.0997. The van der Waals surface area contributed by atoms with Crippen LogP contribution in [0.3, 0.4) is 0 Å². The number of oxazole rings is 1. The first-order valence-corrected chi connectivity index (χ1v) is 8.16. The molecule has 1 N–H and O–H groups in total. The van der Waals surface area contributed by atoms with Gasteiger partial charge in [0, 0.05) is 25.2 Å². The fourth-order valence-corrected chi connectivity index (χ4v) is 2.99. The number of amides is 1. The molecule has 1 aromatic carbocycles. The van der Waals surface area contributed by atoms with Gasteiger partial charge in [-0.15, -0.1) is 24.8 Å². The molecule has 1 fully saturated rings. The summed E-state index contributed by atoms with van der Waals surface area (Å²) in [6.45, 7) is 4.17. The maximum Gasteiger partial charge on any atom is 0.276 e. The summed E-state index contributed by atoms with van der Waals surface area (Å²) in [4.78, 5) is 18.8. The summed E-state index contributed by atoms with van der Waals surface area (Å²) in [6.07, 6.45) is 2.25. The van der Waals surface area contributed by atoms with Crippen molar-refractivity contribution >= 4 is 30.7 Å². The van der Waals surface area contributed by atoms with Crippen molar-refractivity contribution in [1.82, 2.24) is 15.2 Å². The first kappa shape index (κ1) is 20.4. The number of carbonyl (C=O) groups excluding carboxylic acids is 1. The zero-order valence-electron chi connectivity index (χ0n) is 14.1. The molecule has 142 valence electrons. The lowest BCUT2D eigenvalue weighted by Gasteiger charge is -2.20. The standard InChI is InChI=1S/C17H19N3O4.2ClH/c21-17(20-6-1-4-18-5-7-20)15-16(24-11-19-15)12-2-3-13-14(10-12)23-9-8-22-13;;/h2-3,10-11,18H,1,4-9H2;2*1H. The molecule has 0 bridgehead atoms. The topological polar surface area (TPSA) is 76.8 Å². The maximum atomic E-state index is 12.8. The molecule has 0 saturated carbocycles.